The summed E-state index contributed by atoms with van der Waals surface area (Å²) < 4.78 is 7.07. The molecule has 0 radical (unpaired) electrons. The zero-order chi connectivity index (χ0) is 16.2. The smallest absolute Gasteiger partial charge is 0.210 e. The molecule has 1 aromatic carbocycles. The van der Waals surface area contributed by atoms with Gasteiger partial charge in [0.05, 0.1) is 6.54 Å². The first-order chi connectivity index (χ1) is 11.1. The Kier molecular flexibility index (Phi) is 4.26. The number of nitrogens with zero attached hydrogens (tertiary/aromatic N) is 3. The lowest BCUT2D eigenvalue weighted by atomic mass is 10.1. The van der Waals surface area contributed by atoms with Crippen LogP contribution in [-0.2, 0) is 6.54 Å². The Morgan fingerprint density at radius 1 is 1.26 bits per heavy atom. The SMILES string of the molecule is Cc1ccc(C#Cc2cc(Cn3ccnc3[C@H](C)O)no2)cc1. The Hall–Kier alpha value is -2.84. The summed E-state index contributed by atoms with van der Waals surface area (Å²) in [6.07, 6.45) is 2.83. The maximum atomic E-state index is 9.66. The van der Waals surface area contributed by atoms with Gasteiger partial charge in [0, 0.05) is 24.0 Å². The molecule has 0 saturated carbocycles. The van der Waals surface area contributed by atoms with Gasteiger partial charge in [-0.25, -0.2) is 4.98 Å². The summed E-state index contributed by atoms with van der Waals surface area (Å²) in [6, 6.07) is 9.78. The van der Waals surface area contributed by atoms with Gasteiger partial charge >= 0.3 is 0 Å². The van der Waals surface area contributed by atoms with Crippen LogP contribution in [0.5, 0.6) is 0 Å². The molecule has 0 saturated heterocycles. The highest BCUT2D eigenvalue weighted by molar-refractivity contribution is 5.40. The van der Waals surface area contributed by atoms with Crippen LogP contribution in [0, 0.1) is 18.8 Å². The standard InChI is InChI=1S/C18H17N3O2/c1-13-3-5-15(6-4-13)7-8-17-11-16(20-23-17)12-21-10-9-19-18(21)14(2)22/h3-6,9-11,14,22H,12H2,1-2H3/t14-/m0/s1. The molecule has 0 aliphatic heterocycles. The Labute approximate surface area is 134 Å². The van der Waals surface area contributed by atoms with Crippen LogP contribution in [0.4, 0.5) is 0 Å². The fourth-order valence-electron chi connectivity index (χ4n) is 2.21. The van der Waals surface area contributed by atoms with E-state index in [1.54, 1.807) is 25.4 Å². The second-order valence-electron chi connectivity index (χ2n) is 5.39. The van der Waals surface area contributed by atoms with Crippen molar-refractivity contribution < 1.29 is 9.63 Å². The van der Waals surface area contributed by atoms with Crippen molar-refractivity contribution in [2.45, 2.75) is 26.5 Å². The van der Waals surface area contributed by atoms with Crippen LogP contribution >= 0.6 is 0 Å². The Bertz CT molecular complexity index is 848. The molecule has 5 nitrogen and oxygen atoms in total. The number of benzene rings is 1. The summed E-state index contributed by atoms with van der Waals surface area (Å²) in [7, 11) is 0. The monoisotopic (exact) mass is 307 g/mol. The van der Waals surface area contributed by atoms with Crippen molar-refractivity contribution >= 4 is 0 Å². The molecule has 0 amide bonds. The summed E-state index contributed by atoms with van der Waals surface area (Å²) in [5.74, 6) is 7.12. The third-order valence-corrected chi connectivity index (χ3v) is 3.39. The van der Waals surface area contributed by atoms with E-state index in [4.69, 9.17) is 4.52 Å². The number of imidazole rings is 1. The lowest BCUT2D eigenvalue weighted by molar-refractivity contribution is 0.184. The van der Waals surface area contributed by atoms with Crippen LogP contribution in [0.15, 0.2) is 47.2 Å². The van der Waals surface area contributed by atoms with Crippen molar-refractivity contribution in [3.8, 4) is 11.8 Å². The normalized spacial score (nSPS) is 11.8. The van der Waals surface area contributed by atoms with Crippen molar-refractivity contribution in [1.82, 2.24) is 14.7 Å². The average molecular weight is 307 g/mol. The first-order valence-corrected chi connectivity index (χ1v) is 7.35. The van der Waals surface area contributed by atoms with Crippen molar-refractivity contribution in [2.24, 2.45) is 0 Å². The van der Waals surface area contributed by atoms with Gasteiger partial charge in [0.25, 0.3) is 0 Å². The molecule has 0 unspecified atom stereocenters. The highest BCUT2D eigenvalue weighted by atomic mass is 16.5. The van der Waals surface area contributed by atoms with Gasteiger partial charge in [-0.2, -0.15) is 0 Å². The van der Waals surface area contributed by atoms with Gasteiger partial charge in [-0.3, -0.25) is 0 Å². The van der Waals surface area contributed by atoms with E-state index < -0.39 is 6.10 Å². The van der Waals surface area contributed by atoms with Crippen molar-refractivity contribution in [1.29, 1.82) is 0 Å². The summed E-state index contributed by atoms with van der Waals surface area (Å²) in [5, 5.41) is 13.7. The number of aryl methyl sites for hydroxylation is 1. The second kappa shape index (κ2) is 6.51. The molecule has 1 N–H and O–H groups in total. The van der Waals surface area contributed by atoms with E-state index >= 15 is 0 Å². The second-order valence-corrected chi connectivity index (χ2v) is 5.39. The molecule has 1 atom stereocenters. The van der Waals surface area contributed by atoms with E-state index in [-0.39, 0.29) is 0 Å². The third kappa shape index (κ3) is 3.68. The minimum atomic E-state index is -0.627. The van der Waals surface area contributed by atoms with Crippen LogP contribution in [-0.4, -0.2) is 19.8 Å². The van der Waals surface area contributed by atoms with E-state index in [9.17, 15) is 5.11 Å². The molecule has 3 aromatic rings. The highest BCUT2D eigenvalue weighted by Crippen LogP contribution is 2.12. The average Bonchev–Trinajstić information content (AvgIpc) is 3.16. The molecule has 0 bridgehead atoms. The van der Waals surface area contributed by atoms with Gasteiger partial charge in [0.2, 0.25) is 5.76 Å². The van der Waals surface area contributed by atoms with Gasteiger partial charge in [0.15, 0.2) is 0 Å². The lowest BCUT2D eigenvalue weighted by Gasteiger charge is -2.07. The lowest BCUT2D eigenvalue weighted by Crippen LogP contribution is -2.07. The van der Waals surface area contributed by atoms with Crippen LogP contribution in [0.1, 0.15) is 41.4 Å². The van der Waals surface area contributed by atoms with Gasteiger partial charge in [-0.15, -0.1) is 0 Å². The van der Waals surface area contributed by atoms with Gasteiger partial charge in [-0.05, 0) is 31.9 Å². The number of hydrogen-bond acceptors (Lipinski definition) is 4. The van der Waals surface area contributed by atoms with E-state index in [0.717, 1.165) is 11.3 Å². The molecule has 116 valence electrons. The van der Waals surface area contributed by atoms with Crippen LogP contribution in [0.25, 0.3) is 0 Å². The number of aliphatic hydroxyl groups excluding tert-OH is 1. The zero-order valence-electron chi connectivity index (χ0n) is 13.0. The topological polar surface area (TPSA) is 64.1 Å². The molecular weight excluding hydrogens is 290 g/mol. The molecule has 2 heterocycles. The minimum Gasteiger partial charge on any atom is -0.385 e. The molecule has 5 heteroatoms. The quantitative estimate of drug-likeness (QED) is 0.756. The Balaban J connectivity index is 1.74. The predicted octanol–water partition coefficient (Wildman–Crippen LogP) is 2.68. The van der Waals surface area contributed by atoms with Crippen LogP contribution in [0.2, 0.25) is 0 Å². The molecule has 23 heavy (non-hydrogen) atoms. The summed E-state index contributed by atoms with van der Waals surface area (Å²) in [4.78, 5) is 4.13. The van der Waals surface area contributed by atoms with Crippen molar-refractivity contribution in [3.63, 3.8) is 0 Å². The zero-order valence-corrected chi connectivity index (χ0v) is 13.0. The van der Waals surface area contributed by atoms with Gasteiger partial charge in [-0.1, -0.05) is 28.8 Å². The van der Waals surface area contributed by atoms with E-state index in [1.165, 1.54) is 5.56 Å². The van der Waals surface area contributed by atoms with E-state index in [2.05, 4.69) is 22.0 Å². The summed E-state index contributed by atoms with van der Waals surface area (Å²) in [6.45, 7) is 4.20. The van der Waals surface area contributed by atoms with Gasteiger partial charge < -0.3 is 14.2 Å². The highest BCUT2D eigenvalue weighted by Gasteiger charge is 2.10. The molecule has 0 fully saturated rings. The van der Waals surface area contributed by atoms with Crippen LogP contribution < -0.4 is 0 Å². The Morgan fingerprint density at radius 3 is 2.78 bits per heavy atom. The number of aromatic nitrogens is 3. The fraction of sp³-hybridized carbons (Fsp3) is 0.222. The van der Waals surface area contributed by atoms with E-state index in [1.807, 2.05) is 35.8 Å². The van der Waals surface area contributed by atoms with Crippen LogP contribution in [0.3, 0.4) is 0 Å². The van der Waals surface area contributed by atoms with Crippen molar-refractivity contribution in [2.75, 3.05) is 0 Å². The maximum absolute atomic E-state index is 9.66. The minimum absolute atomic E-state index is 0.482. The number of rotatable bonds is 3. The first kappa shape index (κ1) is 15.1. The largest absolute Gasteiger partial charge is 0.385 e. The Morgan fingerprint density at radius 2 is 2.04 bits per heavy atom. The molecule has 3 rings (SSSR count). The fourth-order valence-corrected chi connectivity index (χ4v) is 2.21. The summed E-state index contributed by atoms with van der Waals surface area (Å²) in [5.41, 5.74) is 2.87. The molecule has 0 aliphatic carbocycles. The molecule has 2 aromatic heterocycles. The third-order valence-electron chi connectivity index (χ3n) is 3.39. The predicted molar refractivity (Wildman–Crippen MR) is 85.6 cm³/mol. The summed E-state index contributed by atoms with van der Waals surface area (Å²) >= 11 is 0. The number of hydrogen-bond donors (Lipinski definition) is 1. The maximum Gasteiger partial charge on any atom is 0.210 e. The van der Waals surface area contributed by atoms with E-state index in [0.29, 0.717) is 18.1 Å². The first-order valence-electron chi connectivity index (χ1n) is 7.35. The molecule has 0 spiro atoms. The molecular formula is C18H17N3O2. The molecule has 0 aliphatic rings. The van der Waals surface area contributed by atoms with Gasteiger partial charge in [0.1, 0.15) is 17.6 Å². The number of aliphatic hydroxyl groups is 1. The van der Waals surface area contributed by atoms with Crippen molar-refractivity contribution in [3.05, 3.63) is 71.1 Å².